The summed E-state index contributed by atoms with van der Waals surface area (Å²) in [5, 5.41) is 0. The number of imidazole rings is 1. The van der Waals surface area contributed by atoms with E-state index in [0.717, 1.165) is 48.1 Å². The van der Waals surface area contributed by atoms with Gasteiger partial charge in [0.25, 0.3) is 0 Å². The highest BCUT2D eigenvalue weighted by Gasteiger charge is 2.13. The highest BCUT2D eigenvalue weighted by molar-refractivity contribution is 7.13. The number of hydrogen-bond donors (Lipinski definition) is 1. The Balaban J connectivity index is 1.48. The monoisotopic (exact) mass is 378 g/mol. The number of ether oxygens (including phenoxy) is 1. The van der Waals surface area contributed by atoms with Gasteiger partial charge in [0.2, 0.25) is 0 Å². The normalized spacial score (nSPS) is 14.7. The maximum atomic E-state index is 6.15. The van der Waals surface area contributed by atoms with Crippen LogP contribution >= 0.6 is 11.3 Å². The molecule has 27 heavy (non-hydrogen) atoms. The highest BCUT2D eigenvalue weighted by atomic mass is 32.1. The van der Waals surface area contributed by atoms with E-state index in [0.29, 0.717) is 11.5 Å². The summed E-state index contributed by atoms with van der Waals surface area (Å²) in [4.78, 5) is 16.6. The third-order valence-electron chi connectivity index (χ3n) is 4.69. The molecule has 1 saturated heterocycles. The fraction of sp³-hybridized carbons (Fsp3) is 0.211. The molecule has 0 radical (unpaired) electrons. The summed E-state index contributed by atoms with van der Waals surface area (Å²) in [5.41, 5.74) is 12.5. The smallest absolute Gasteiger partial charge is 0.180 e. The number of nitrogen functional groups attached to an aromatic ring is 1. The third-order valence-corrected chi connectivity index (χ3v) is 5.48. The van der Waals surface area contributed by atoms with Crippen LogP contribution in [0.5, 0.6) is 0 Å². The lowest BCUT2D eigenvalue weighted by atomic mass is 10.1. The van der Waals surface area contributed by atoms with E-state index in [1.165, 1.54) is 17.0 Å². The molecule has 136 valence electrons. The summed E-state index contributed by atoms with van der Waals surface area (Å²) >= 11 is 1.54. The first-order valence-electron chi connectivity index (χ1n) is 8.75. The molecule has 8 heteroatoms. The number of morpholine rings is 1. The molecular formula is C19H18N6OS. The Morgan fingerprint density at radius 1 is 1.00 bits per heavy atom. The maximum absolute atomic E-state index is 6.15. The Morgan fingerprint density at radius 3 is 2.52 bits per heavy atom. The van der Waals surface area contributed by atoms with Crippen LogP contribution in [0.3, 0.4) is 0 Å². The summed E-state index contributed by atoms with van der Waals surface area (Å²) in [7, 11) is 0. The topological polar surface area (TPSA) is 81.6 Å². The van der Waals surface area contributed by atoms with Crippen molar-refractivity contribution in [3.05, 3.63) is 48.4 Å². The number of aromatic nitrogens is 4. The van der Waals surface area contributed by atoms with Crippen LogP contribution < -0.4 is 10.6 Å². The lowest BCUT2D eigenvalue weighted by Crippen LogP contribution is -2.36. The summed E-state index contributed by atoms with van der Waals surface area (Å²) in [6.07, 6.45) is 5.72. The predicted octanol–water partition coefficient (Wildman–Crippen LogP) is 2.94. The number of nitrogens with two attached hydrogens (primary N) is 1. The van der Waals surface area contributed by atoms with Gasteiger partial charge in [-0.05, 0) is 12.1 Å². The molecule has 0 saturated carbocycles. The van der Waals surface area contributed by atoms with Gasteiger partial charge in [-0.1, -0.05) is 12.1 Å². The molecule has 4 aromatic rings. The third kappa shape index (κ3) is 3.02. The molecule has 1 aliphatic heterocycles. The summed E-state index contributed by atoms with van der Waals surface area (Å²) in [6.45, 7) is 3.41. The van der Waals surface area contributed by atoms with E-state index in [-0.39, 0.29) is 0 Å². The van der Waals surface area contributed by atoms with Gasteiger partial charge in [0.15, 0.2) is 11.5 Å². The SMILES string of the molecule is Nc1nc(-c2cncs2)cn2cc(-c3ccc(N4CCOCC4)cc3)nc12. The van der Waals surface area contributed by atoms with Crippen molar-refractivity contribution in [1.29, 1.82) is 0 Å². The van der Waals surface area contributed by atoms with Crippen LogP contribution in [0, 0.1) is 0 Å². The van der Waals surface area contributed by atoms with Crippen molar-refractivity contribution in [2.75, 3.05) is 36.9 Å². The number of rotatable bonds is 3. The Bertz CT molecular complexity index is 1070. The van der Waals surface area contributed by atoms with Crippen molar-refractivity contribution in [3.8, 4) is 21.8 Å². The summed E-state index contributed by atoms with van der Waals surface area (Å²) < 4.78 is 7.35. The van der Waals surface area contributed by atoms with Gasteiger partial charge in [0, 0.05) is 42.9 Å². The molecule has 0 atom stereocenters. The minimum atomic E-state index is 0.414. The first-order valence-corrected chi connectivity index (χ1v) is 9.63. The zero-order chi connectivity index (χ0) is 18.2. The van der Waals surface area contributed by atoms with E-state index in [2.05, 4.69) is 44.1 Å². The molecule has 1 aliphatic rings. The Labute approximate surface area is 160 Å². The van der Waals surface area contributed by atoms with Crippen LogP contribution in [-0.4, -0.2) is 45.7 Å². The first-order chi connectivity index (χ1) is 13.3. The highest BCUT2D eigenvalue weighted by Crippen LogP contribution is 2.27. The van der Waals surface area contributed by atoms with Crippen LogP contribution in [-0.2, 0) is 4.74 Å². The predicted molar refractivity (Wildman–Crippen MR) is 107 cm³/mol. The molecule has 0 spiro atoms. The van der Waals surface area contributed by atoms with Gasteiger partial charge in [0.1, 0.15) is 5.69 Å². The minimum absolute atomic E-state index is 0.414. The van der Waals surface area contributed by atoms with Crippen LogP contribution in [0.1, 0.15) is 0 Å². The van der Waals surface area contributed by atoms with Crippen molar-refractivity contribution in [2.45, 2.75) is 0 Å². The molecule has 0 bridgehead atoms. The first kappa shape index (κ1) is 16.2. The van der Waals surface area contributed by atoms with E-state index >= 15 is 0 Å². The number of fused-ring (bicyclic) bond motifs is 1. The molecule has 0 amide bonds. The molecule has 0 unspecified atom stereocenters. The molecule has 1 fully saturated rings. The Kier molecular flexibility index (Phi) is 3.99. The van der Waals surface area contributed by atoms with Gasteiger partial charge in [-0.2, -0.15) is 0 Å². The molecule has 1 aromatic carbocycles. The minimum Gasteiger partial charge on any atom is -0.381 e. The van der Waals surface area contributed by atoms with Crippen molar-refractivity contribution in [1.82, 2.24) is 19.4 Å². The zero-order valence-corrected chi connectivity index (χ0v) is 15.4. The Hall–Kier alpha value is -2.97. The van der Waals surface area contributed by atoms with Crippen molar-refractivity contribution >= 4 is 28.5 Å². The average molecular weight is 378 g/mol. The van der Waals surface area contributed by atoms with E-state index in [1.807, 2.05) is 16.8 Å². The van der Waals surface area contributed by atoms with E-state index < -0.39 is 0 Å². The number of hydrogen-bond acceptors (Lipinski definition) is 7. The number of nitrogens with zero attached hydrogens (tertiary/aromatic N) is 5. The Morgan fingerprint density at radius 2 is 1.78 bits per heavy atom. The van der Waals surface area contributed by atoms with Gasteiger partial charge < -0.3 is 19.8 Å². The van der Waals surface area contributed by atoms with E-state index in [4.69, 9.17) is 10.5 Å². The number of thiazole rings is 1. The lowest BCUT2D eigenvalue weighted by Gasteiger charge is -2.28. The molecule has 2 N–H and O–H groups in total. The molecule has 7 nitrogen and oxygen atoms in total. The second-order valence-electron chi connectivity index (χ2n) is 6.38. The zero-order valence-electron chi connectivity index (χ0n) is 14.6. The maximum Gasteiger partial charge on any atom is 0.180 e. The van der Waals surface area contributed by atoms with Gasteiger partial charge in [-0.3, -0.25) is 4.98 Å². The van der Waals surface area contributed by atoms with Gasteiger partial charge in [-0.25, -0.2) is 9.97 Å². The molecule has 4 heterocycles. The van der Waals surface area contributed by atoms with Crippen molar-refractivity contribution in [3.63, 3.8) is 0 Å². The van der Waals surface area contributed by atoms with E-state index in [1.54, 1.807) is 11.7 Å². The molecule has 3 aromatic heterocycles. The summed E-state index contributed by atoms with van der Waals surface area (Å²) in [5.74, 6) is 0.414. The van der Waals surface area contributed by atoms with Gasteiger partial charge >= 0.3 is 0 Å². The van der Waals surface area contributed by atoms with Gasteiger partial charge in [0.05, 0.1) is 29.3 Å². The van der Waals surface area contributed by atoms with E-state index in [9.17, 15) is 0 Å². The van der Waals surface area contributed by atoms with Crippen LogP contribution in [0.25, 0.3) is 27.5 Å². The standard InChI is InChI=1S/C19H18N6OS/c20-18-19-23-15(10-25(19)11-16(22-18)17-9-21-12-27-17)13-1-3-14(4-2-13)24-5-7-26-8-6-24/h1-4,9-12H,5-8H2,(H2,20,22). The fourth-order valence-electron chi connectivity index (χ4n) is 3.29. The second kappa shape index (κ2) is 6.64. The fourth-order valence-corrected chi connectivity index (χ4v) is 3.86. The van der Waals surface area contributed by atoms with Gasteiger partial charge in [-0.15, -0.1) is 11.3 Å². The molecule has 5 rings (SSSR count). The largest absolute Gasteiger partial charge is 0.381 e. The second-order valence-corrected chi connectivity index (χ2v) is 7.27. The quantitative estimate of drug-likeness (QED) is 0.590. The van der Waals surface area contributed by atoms with Crippen LogP contribution in [0.4, 0.5) is 11.5 Å². The van der Waals surface area contributed by atoms with Crippen molar-refractivity contribution < 1.29 is 4.74 Å². The summed E-state index contributed by atoms with van der Waals surface area (Å²) in [6, 6.07) is 8.46. The van der Waals surface area contributed by atoms with Crippen LogP contribution in [0.2, 0.25) is 0 Å². The number of benzene rings is 1. The van der Waals surface area contributed by atoms with Crippen LogP contribution in [0.15, 0.2) is 48.4 Å². The number of anilines is 2. The molecule has 0 aliphatic carbocycles. The molecular weight excluding hydrogens is 360 g/mol. The lowest BCUT2D eigenvalue weighted by molar-refractivity contribution is 0.122. The van der Waals surface area contributed by atoms with Crippen molar-refractivity contribution in [2.24, 2.45) is 0 Å². The average Bonchev–Trinajstić information content (AvgIpc) is 3.39.